The Morgan fingerprint density at radius 3 is 2.11 bits per heavy atom. The lowest BCUT2D eigenvalue weighted by atomic mass is 10.1. The minimum absolute atomic E-state index is 0.0900. The number of hydrogen-bond acceptors (Lipinski definition) is 6. The fourth-order valence-corrected chi connectivity index (χ4v) is 5.17. The SMILES string of the molecule is CC[C@H](C)NC(=O)[C@H](CC)N(Cc1c(Cl)cccc1Cl)C(=O)CN(c1ccc(OC)c(OC)c1)S(C)(=O)=O. The Morgan fingerprint density at radius 2 is 1.61 bits per heavy atom. The molecule has 210 valence electrons. The van der Waals surface area contributed by atoms with E-state index in [0.717, 1.165) is 10.6 Å². The van der Waals surface area contributed by atoms with Crippen molar-refractivity contribution in [2.45, 2.75) is 52.2 Å². The van der Waals surface area contributed by atoms with Crippen LogP contribution in [0, 0.1) is 0 Å². The number of carbonyl (C=O) groups excluding carboxylic acids is 2. The smallest absolute Gasteiger partial charge is 0.244 e. The van der Waals surface area contributed by atoms with E-state index in [1.54, 1.807) is 31.2 Å². The normalized spacial score (nSPS) is 12.8. The van der Waals surface area contributed by atoms with Crippen LogP contribution in [0.5, 0.6) is 11.5 Å². The zero-order valence-electron chi connectivity index (χ0n) is 22.5. The summed E-state index contributed by atoms with van der Waals surface area (Å²) in [5.74, 6) is -0.258. The number of nitrogens with zero attached hydrogens (tertiary/aromatic N) is 2. The summed E-state index contributed by atoms with van der Waals surface area (Å²) in [5, 5.41) is 3.57. The first-order valence-electron chi connectivity index (χ1n) is 12.1. The molecule has 0 saturated heterocycles. The van der Waals surface area contributed by atoms with Crippen molar-refractivity contribution in [1.29, 1.82) is 0 Å². The number of methoxy groups -OCH3 is 2. The number of hydrogen-bond donors (Lipinski definition) is 1. The topological polar surface area (TPSA) is 105 Å². The van der Waals surface area contributed by atoms with Crippen LogP contribution in [0.15, 0.2) is 36.4 Å². The molecule has 38 heavy (non-hydrogen) atoms. The van der Waals surface area contributed by atoms with Gasteiger partial charge in [-0.3, -0.25) is 13.9 Å². The summed E-state index contributed by atoms with van der Waals surface area (Å²) in [6, 6.07) is 8.47. The third-order valence-electron chi connectivity index (χ3n) is 6.11. The van der Waals surface area contributed by atoms with Crippen LogP contribution in [-0.2, 0) is 26.2 Å². The van der Waals surface area contributed by atoms with Crippen LogP contribution in [-0.4, -0.2) is 64.2 Å². The second kappa shape index (κ2) is 13.9. The van der Waals surface area contributed by atoms with Gasteiger partial charge in [0.25, 0.3) is 0 Å². The number of carbonyl (C=O) groups is 2. The Morgan fingerprint density at radius 1 is 1.00 bits per heavy atom. The molecule has 0 aromatic heterocycles. The number of anilines is 1. The Kier molecular flexibility index (Phi) is 11.5. The van der Waals surface area contributed by atoms with E-state index >= 15 is 0 Å². The molecular formula is C26H35Cl2N3O6S. The number of ether oxygens (including phenoxy) is 2. The van der Waals surface area contributed by atoms with Gasteiger partial charge in [0.15, 0.2) is 11.5 Å². The molecule has 2 aromatic carbocycles. The summed E-state index contributed by atoms with van der Waals surface area (Å²) in [5.41, 5.74) is 0.655. The molecule has 2 atom stereocenters. The fourth-order valence-electron chi connectivity index (χ4n) is 3.81. The summed E-state index contributed by atoms with van der Waals surface area (Å²) >= 11 is 12.8. The monoisotopic (exact) mass is 587 g/mol. The van der Waals surface area contributed by atoms with Gasteiger partial charge in [-0.05, 0) is 44.0 Å². The van der Waals surface area contributed by atoms with Gasteiger partial charge in [-0.15, -0.1) is 0 Å². The van der Waals surface area contributed by atoms with Crippen molar-refractivity contribution in [1.82, 2.24) is 10.2 Å². The van der Waals surface area contributed by atoms with Gasteiger partial charge in [0.1, 0.15) is 12.6 Å². The summed E-state index contributed by atoms with van der Waals surface area (Å²) < 4.78 is 37.2. The van der Waals surface area contributed by atoms with E-state index < -0.39 is 28.5 Å². The summed E-state index contributed by atoms with van der Waals surface area (Å²) in [6.07, 6.45) is 1.98. The Bertz CT molecular complexity index is 1220. The van der Waals surface area contributed by atoms with Gasteiger partial charge in [-0.1, -0.05) is 43.1 Å². The van der Waals surface area contributed by atoms with E-state index in [4.69, 9.17) is 32.7 Å². The molecule has 12 heteroatoms. The maximum absolute atomic E-state index is 13.8. The van der Waals surface area contributed by atoms with Gasteiger partial charge in [0, 0.05) is 34.3 Å². The Labute approximate surface area is 235 Å². The van der Waals surface area contributed by atoms with Crippen molar-refractivity contribution in [2.75, 3.05) is 31.3 Å². The maximum atomic E-state index is 13.8. The zero-order chi connectivity index (χ0) is 28.6. The number of nitrogens with one attached hydrogen (secondary N) is 1. The van der Waals surface area contributed by atoms with Crippen LogP contribution < -0.4 is 19.1 Å². The third-order valence-corrected chi connectivity index (χ3v) is 7.96. The molecule has 0 saturated carbocycles. The molecule has 0 heterocycles. The molecule has 0 radical (unpaired) electrons. The number of rotatable bonds is 13. The molecule has 0 bridgehead atoms. The molecule has 0 unspecified atom stereocenters. The number of halogens is 2. The van der Waals surface area contributed by atoms with Crippen molar-refractivity contribution in [2.24, 2.45) is 0 Å². The van der Waals surface area contributed by atoms with Crippen LogP contribution in [0.25, 0.3) is 0 Å². The van der Waals surface area contributed by atoms with Crippen LogP contribution in [0.4, 0.5) is 5.69 Å². The van der Waals surface area contributed by atoms with E-state index in [1.807, 2.05) is 13.8 Å². The Balaban J connectivity index is 2.55. The number of sulfonamides is 1. The van der Waals surface area contributed by atoms with E-state index in [-0.39, 0.29) is 30.6 Å². The van der Waals surface area contributed by atoms with Gasteiger partial charge >= 0.3 is 0 Å². The van der Waals surface area contributed by atoms with Crippen molar-refractivity contribution >= 4 is 50.7 Å². The summed E-state index contributed by atoms with van der Waals surface area (Å²) in [7, 11) is -1.03. The van der Waals surface area contributed by atoms with E-state index in [1.165, 1.54) is 31.3 Å². The molecule has 2 amide bonds. The largest absolute Gasteiger partial charge is 0.493 e. The van der Waals surface area contributed by atoms with E-state index in [2.05, 4.69) is 5.32 Å². The highest BCUT2D eigenvalue weighted by molar-refractivity contribution is 7.92. The van der Waals surface area contributed by atoms with E-state index in [0.29, 0.717) is 33.5 Å². The number of amides is 2. The summed E-state index contributed by atoms with van der Waals surface area (Å²) in [4.78, 5) is 28.4. The standard InChI is InChI=1S/C26H35Cl2N3O6S/c1-7-17(3)29-26(33)22(8-2)30(15-19-20(27)10-9-11-21(19)28)25(32)16-31(38(6,34)35)18-12-13-23(36-4)24(14-18)37-5/h9-14,17,22H,7-8,15-16H2,1-6H3,(H,29,33)/t17-,22-/m0/s1. The number of benzene rings is 2. The van der Waals surface area contributed by atoms with Crippen molar-refractivity contribution in [3.63, 3.8) is 0 Å². The lowest BCUT2D eigenvalue weighted by Gasteiger charge is -2.33. The quantitative estimate of drug-likeness (QED) is 0.370. The minimum atomic E-state index is -3.92. The highest BCUT2D eigenvalue weighted by atomic mass is 35.5. The van der Waals surface area contributed by atoms with Crippen LogP contribution in [0.2, 0.25) is 10.0 Å². The van der Waals surface area contributed by atoms with Crippen LogP contribution >= 0.6 is 23.2 Å². The highest BCUT2D eigenvalue weighted by Crippen LogP contribution is 2.33. The second-order valence-electron chi connectivity index (χ2n) is 8.77. The van der Waals surface area contributed by atoms with Gasteiger partial charge in [-0.25, -0.2) is 8.42 Å². The molecule has 2 aromatic rings. The molecule has 0 fully saturated rings. The van der Waals surface area contributed by atoms with Gasteiger partial charge in [0.2, 0.25) is 21.8 Å². The fraction of sp³-hybridized carbons (Fsp3) is 0.462. The van der Waals surface area contributed by atoms with Gasteiger partial charge in [0.05, 0.1) is 26.2 Å². The molecule has 2 rings (SSSR count). The first-order valence-corrected chi connectivity index (χ1v) is 14.7. The summed E-state index contributed by atoms with van der Waals surface area (Å²) in [6.45, 7) is 4.92. The average Bonchev–Trinajstić information content (AvgIpc) is 2.87. The lowest BCUT2D eigenvalue weighted by Crippen LogP contribution is -2.53. The van der Waals surface area contributed by atoms with Crippen molar-refractivity contribution < 1.29 is 27.5 Å². The van der Waals surface area contributed by atoms with E-state index in [9.17, 15) is 18.0 Å². The molecular weight excluding hydrogens is 553 g/mol. The Hall–Kier alpha value is -2.69. The molecule has 9 nitrogen and oxygen atoms in total. The highest BCUT2D eigenvalue weighted by Gasteiger charge is 2.33. The molecule has 1 N–H and O–H groups in total. The molecule has 0 aliphatic carbocycles. The van der Waals surface area contributed by atoms with Gasteiger partial charge in [-0.2, -0.15) is 0 Å². The molecule has 0 aliphatic rings. The average molecular weight is 589 g/mol. The zero-order valence-corrected chi connectivity index (χ0v) is 24.8. The third kappa shape index (κ3) is 7.91. The lowest BCUT2D eigenvalue weighted by molar-refractivity contribution is -0.140. The predicted molar refractivity (Wildman–Crippen MR) is 151 cm³/mol. The maximum Gasteiger partial charge on any atom is 0.244 e. The van der Waals surface area contributed by atoms with Crippen LogP contribution in [0.3, 0.4) is 0 Å². The molecule has 0 spiro atoms. The van der Waals surface area contributed by atoms with Crippen molar-refractivity contribution in [3.8, 4) is 11.5 Å². The van der Waals surface area contributed by atoms with Crippen molar-refractivity contribution in [3.05, 3.63) is 52.0 Å². The first kappa shape index (κ1) is 31.5. The second-order valence-corrected chi connectivity index (χ2v) is 11.5. The van der Waals surface area contributed by atoms with Gasteiger partial charge < -0.3 is 19.7 Å². The first-order chi connectivity index (χ1) is 17.9. The molecule has 0 aliphatic heterocycles. The van der Waals surface area contributed by atoms with Crippen LogP contribution in [0.1, 0.15) is 39.2 Å². The minimum Gasteiger partial charge on any atom is -0.493 e. The predicted octanol–water partition coefficient (Wildman–Crippen LogP) is 4.50.